The molecular weight excluding hydrogens is 128 g/mol. The smallest absolute Gasteiger partial charge is 0.170 e. The summed E-state index contributed by atoms with van der Waals surface area (Å²) in [4.78, 5) is 3.60. The lowest BCUT2D eigenvalue weighted by Crippen LogP contribution is -1.93. The van der Waals surface area contributed by atoms with Gasteiger partial charge in [-0.05, 0) is 0 Å². The third kappa shape index (κ3) is 0.863. The average Bonchev–Trinajstić information content (AvgIpc) is 1.91. The van der Waals surface area contributed by atoms with E-state index < -0.39 is 0 Å². The van der Waals surface area contributed by atoms with Gasteiger partial charge in [0.15, 0.2) is 5.84 Å². The van der Waals surface area contributed by atoms with Gasteiger partial charge < -0.3 is 0 Å². The molecule has 0 aromatic rings. The summed E-state index contributed by atoms with van der Waals surface area (Å²) in [6.45, 7) is 0. The fraction of sp³-hybridized carbons (Fsp3) is 0. The van der Waals surface area contributed by atoms with Gasteiger partial charge >= 0.3 is 0 Å². The SMILES string of the molecule is N=C1N=CSC1=S. The van der Waals surface area contributed by atoms with Gasteiger partial charge in [0.1, 0.15) is 4.20 Å². The molecule has 1 aliphatic rings. The van der Waals surface area contributed by atoms with Crippen molar-refractivity contribution in [2.45, 2.75) is 0 Å². The first kappa shape index (κ1) is 4.93. The number of thioether (sulfide) groups is 1. The lowest BCUT2D eigenvalue weighted by atomic mass is 10.7. The quantitative estimate of drug-likeness (QED) is 0.498. The van der Waals surface area contributed by atoms with E-state index in [9.17, 15) is 0 Å². The predicted octanol–water partition coefficient (Wildman–Crippen LogP) is 1.07. The maximum atomic E-state index is 6.89. The van der Waals surface area contributed by atoms with Gasteiger partial charge in [-0.2, -0.15) is 0 Å². The minimum Gasteiger partial charge on any atom is -0.281 e. The van der Waals surface area contributed by atoms with E-state index in [1.54, 1.807) is 5.55 Å². The predicted molar refractivity (Wildman–Crippen MR) is 36.4 cm³/mol. The Bertz CT molecular complexity index is 149. The number of hydrogen-bond acceptors (Lipinski definition) is 3. The molecule has 0 aromatic heterocycles. The van der Waals surface area contributed by atoms with Gasteiger partial charge in [-0.1, -0.05) is 24.0 Å². The molecule has 0 unspecified atom stereocenters. The van der Waals surface area contributed by atoms with Crippen LogP contribution in [-0.4, -0.2) is 15.6 Å². The largest absolute Gasteiger partial charge is 0.281 e. The maximum absolute atomic E-state index is 6.89. The van der Waals surface area contributed by atoms with Gasteiger partial charge in [0.25, 0.3) is 0 Å². The zero-order chi connectivity index (χ0) is 5.28. The van der Waals surface area contributed by atoms with Crippen LogP contribution in [0.25, 0.3) is 0 Å². The lowest BCUT2D eigenvalue weighted by molar-refractivity contribution is 1.50. The van der Waals surface area contributed by atoms with Gasteiger partial charge in [0.05, 0.1) is 5.55 Å². The highest BCUT2D eigenvalue weighted by Crippen LogP contribution is 2.08. The first-order valence-electron chi connectivity index (χ1n) is 1.63. The van der Waals surface area contributed by atoms with Crippen molar-refractivity contribution in [3.63, 3.8) is 0 Å². The summed E-state index contributed by atoms with van der Waals surface area (Å²) in [5.41, 5.74) is 1.57. The van der Waals surface area contributed by atoms with Crippen LogP contribution in [0.2, 0.25) is 0 Å². The molecule has 2 nitrogen and oxygen atoms in total. The first-order chi connectivity index (χ1) is 3.30. The summed E-state index contributed by atoms with van der Waals surface area (Å²) >= 11 is 5.98. The van der Waals surface area contributed by atoms with Crippen LogP contribution in [0.5, 0.6) is 0 Å². The van der Waals surface area contributed by atoms with Crippen molar-refractivity contribution in [3.05, 3.63) is 0 Å². The summed E-state index contributed by atoms with van der Waals surface area (Å²) < 4.78 is 0.569. The maximum Gasteiger partial charge on any atom is 0.170 e. The van der Waals surface area contributed by atoms with Crippen molar-refractivity contribution in [1.29, 1.82) is 5.41 Å². The second kappa shape index (κ2) is 1.71. The van der Waals surface area contributed by atoms with Crippen LogP contribution in [-0.2, 0) is 0 Å². The van der Waals surface area contributed by atoms with Gasteiger partial charge in [0, 0.05) is 0 Å². The highest BCUT2D eigenvalue weighted by molar-refractivity contribution is 8.34. The van der Waals surface area contributed by atoms with E-state index in [1.807, 2.05) is 0 Å². The molecule has 0 aliphatic carbocycles. The Hall–Kier alpha value is -0.220. The Morgan fingerprint density at radius 3 is 2.71 bits per heavy atom. The highest BCUT2D eigenvalue weighted by atomic mass is 32.2. The Morgan fingerprint density at radius 2 is 2.57 bits per heavy atom. The van der Waals surface area contributed by atoms with Crippen molar-refractivity contribution in [2.24, 2.45) is 4.99 Å². The molecule has 1 aliphatic heterocycles. The van der Waals surface area contributed by atoms with E-state index in [2.05, 4.69) is 17.2 Å². The number of thiocarbonyl (C=S) groups is 1. The van der Waals surface area contributed by atoms with Gasteiger partial charge in [-0.15, -0.1) is 0 Å². The summed E-state index contributed by atoms with van der Waals surface area (Å²) in [6.07, 6.45) is 0. The number of nitrogens with zero attached hydrogens (tertiary/aromatic N) is 1. The molecule has 1 heterocycles. The molecule has 7 heavy (non-hydrogen) atoms. The van der Waals surface area contributed by atoms with Gasteiger partial charge in [-0.25, -0.2) is 4.99 Å². The number of rotatable bonds is 0. The Balaban J connectivity index is 2.81. The van der Waals surface area contributed by atoms with Crippen LogP contribution in [0.15, 0.2) is 4.99 Å². The normalized spacial score (nSPS) is 18.9. The van der Waals surface area contributed by atoms with Gasteiger partial charge in [0.2, 0.25) is 0 Å². The Morgan fingerprint density at radius 1 is 1.86 bits per heavy atom. The standard InChI is InChI=1S/C3H2N2S2/c4-2-3(6)7-1-5-2/h1,4H. The number of hydrogen-bond donors (Lipinski definition) is 1. The Labute approximate surface area is 50.5 Å². The average molecular weight is 130 g/mol. The minimum atomic E-state index is 0.222. The molecule has 0 spiro atoms. The van der Waals surface area contributed by atoms with Crippen LogP contribution in [0.1, 0.15) is 0 Å². The van der Waals surface area contributed by atoms with Crippen molar-refractivity contribution in [2.75, 3.05) is 0 Å². The zero-order valence-corrected chi connectivity index (χ0v) is 4.97. The summed E-state index contributed by atoms with van der Waals surface area (Å²) in [5, 5.41) is 6.89. The molecule has 1 N–H and O–H groups in total. The molecular formula is C3H2N2S2. The second-order valence-corrected chi connectivity index (χ2v) is 2.51. The van der Waals surface area contributed by atoms with E-state index in [-0.39, 0.29) is 5.84 Å². The van der Waals surface area contributed by atoms with Crippen molar-refractivity contribution in [1.82, 2.24) is 0 Å². The zero-order valence-electron chi connectivity index (χ0n) is 3.34. The third-order valence-corrected chi connectivity index (χ3v) is 1.64. The topological polar surface area (TPSA) is 36.2 Å². The molecule has 0 atom stereocenters. The van der Waals surface area contributed by atoms with Gasteiger partial charge in [-0.3, -0.25) is 5.41 Å². The van der Waals surface area contributed by atoms with Crippen LogP contribution in [0.3, 0.4) is 0 Å². The summed E-state index contributed by atoms with van der Waals surface area (Å²) in [6, 6.07) is 0. The van der Waals surface area contributed by atoms with E-state index >= 15 is 0 Å². The fourth-order valence-electron chi connectivity index (χ4n) is 0.235. The van der Waals surface area contributed by atoms with Crippen molar-refractivity contribution < 1.29 is 0 Å². The summed E-state index contributed by atoms with van der Waals surface area (Å²) in [5.74, 6) is 0.222. The third-order valence-electron chi connectivity index (χ3n) is 0.535. The molecule has 4 heteroatoms. The van der Waals surface area contributed by atoms with Crippen LogP contribution in [0, 0.1) is 5.41 Å². The monoisotopic (exact) mass is 130 g/mol. The molecule has 0 saturated heterocycles. The fourth-order valence-corrected chi connectivity index (χ4v) is 0.835. The van der Waals surface area contributed by atoms with Crippen molar-refractivity contribution >= 4 is 39.6 Å². The van der Waals surface area contributed by atoms with Crippen LogP contribution >= 0.6 is 24.0 Å². The Kier molecular flexibility index (Phi) is 1.21. The number of nitrogens with one attached hydrogen (secondary N) is 1. The van der Waals surface area contributed by atoms with Crippen LogP contribution in [0.4, 0.5) is 0 Å². The molecule has 0 radical (unpaired) electrons. The van der Waals surface area contributed by atoms with E-state index in [0.717, 1.165) is 0 Å². The first-order valence-corrected chi connectivity index (χ1v) is 2.91. The molecule has 1 rings (SSSR count). The minimum absolute atomic E-state index is 0.222. The molecule has 0 amide bonds. The summed E-state index contributed by atoms with van der Waals surface area (Å²) in [7, 11) is 0. The van der Waals surface area contributed by atoms with Crippen molar-refractivity contribution in [3.8, 4) is 0 Å². The highest BCUT2D eigenvalue weighted by Gasteiger charge is 2.06. The van der Waals surface area contributed by atoms with Crippen LogP contribution < -0.4 is 0 Å². The molecule has 0 fully saturated rings. The van der Waals surface area contributed by atoms with E-state index in [4.69, 9.17) is 5.41 Å². The number of aliphatic imine (C=N–C) groups is 1. The lowest BCUT2D eigenvalue weighted by Gasteiger charge is -1.79. The molecule has 0 bridgehead atoms. The van der Waals surface area contributed by atoms with E-state index in [1.165, 1.54) is 11.8 Å². The second-order valence-electron chi connectivity index (χ2n) is 0.988. The molecule has 0 saturated carbocycles. The molecule has 36 valence electrons. The number of amidine groups is 1. The van der Waals surface area contributed by atoms with E-state index in [0.29, 0.717) is 4.20 Å². The molecule has 0 aromatic carbocycles.